The molecule has 0 radical (unpaired) electrons. The van der Waals surface area contributed by atoms with Crippen molar-refractivity contribution in [1.82, 2.24) is 20.0 Å². The van der Waals surface area contributed by atoms with E-state index in [0.717, 1.165) is 30.2 Å². The number of carbonyl (C=O) groups is 1. The van der Waals surface area contributed by atoms with Crippen molar-refractivity contribution in [1.29, 1.82) is 0 Å². The number of amides is 1. The summed E-state index contributed by atoms with van der Waals surface area (Å²) in [6.45, 7) is 6.45. The lowest BCUT2D eigenvalue weighted by Gasteiger charge is -2.34. The zero-order valence-corrected chi connectivity index (χ0v) is 19.4. The Bertz CT molecular complexity index is 1040. The summed E-state index contributed by atoms with van der Waals surface area (Å²) in [5.41, 5.74) is 1.97. The number of ether oxygens (including phenoxy) is 1. The number of rotatable bonds is 8. The molecule has 9 heteroatoms. The van der Waals surface area contributed by atoms with E-state index in [-0.39, 0.29) is 11.7 Å². The average molecular weight is 473 g/mol. The third-order valence-electron chi connectivity index (χ3n) is 5.19. The summed E-state index contributed by atoms with van der Waals surface area (Å²) in [4.78, 5) is 16.9. The first-order valence-corrected chi connectivity index (χ1v) is 11.9. The lowest BCUT2D eigenvalue weighted by Crippen LogP contribution is -2.48. The third-order valence-corrected chi connectivity index (χ3v) is 6.24. The van der Waals surface area contributed by atoms with E-state index in [0.29, 0.717) is 36.6 Å². The van der Waals surface area contributed by atoms with E-state index in [1.807, 2.05) is 60.4 Å². The van der Waals surface area contributed by atoms with E-state index >= 15 is 0 Å². The monoisotopic (exact) mass is 472 g/mol. The van der Waals surface area contributed by atoms with Gasteiger partial charge in [-0.3, -0.25) is 9.69 Å². The molecule has 7 nitrogen and oxygen atoms in total. The van der Waals surface area contributed by atoms with Gasteiger partial charge in [-0.15, -0.1) is 10.2 Å². The fourth-order valence-electron chi connectivity index (χ4n) is 3.52. The predicted octanol–water partition coefficient (Wildman–Crippen LogP) is 4.23. The summed E-state index contributed by atoms with van der Waals surface area (Å²) in [5.74, 6) is 1.43. The van der Waals surface area contributed by atoms with Crippen molar-refractivity contribution in [2.45, 2.75) is 18.7 Å². The molecule has 168 valence electrons. The van der Waals surface area contributed by atoms with Crippen LogP contribution in [0.1, 0.15) is 12.5 Å². The Balaban J connectivity index is 1.26. The standard InChI is InChI=1S/C23H25ClN4O3S/c1-2-30-20-6-4-3-5-19(20)22-25-26-23(31-22)32-16-21(29)28-13-11-27(12-14-28)15-17-7-9-18(24)10-8-17/h3-10H,2,11-16H2,1H3. The van der Waals surface area contributed by atoms with Gasteiger partial charge in [-0.05, 0) is 36.8 Å². The highest BCUT2D eigenvalue weighted by Crippen LogP contribution is 2.30. The van der Waals surface area contributed by atoms with Crippen molar-refractivity contribution in [3.8, 4) is 17.2 Å². The second-order valence-electron chi connectivity index (χ2n) is 7.37. The number of thioether (sulfide) groups is 1. The van der Waals surface area contributed by atoms with Crippen LogP contribution in [0, 0.1) is 0 Å². The van der Waals surface area contributed by atoms with E-state index in [9.17, 15) is 4.79 Å². The smallest absolute Gasteiger partial charge is 0.277 e. The average Bonchev–Trinajstić information content (AvgIpc) is 3.29. The van der Waals surface area contributed by atoms with Gasteiger partial charge in [-0.2, -0.15) is 0 Å². The lowest BCUT2D eigenvalue weighted by molar-refractivity contribution is -0.130. The van der Waals surface area contributed by atoms with Gasteiger partial charge in [0.15, 0.2) is 0 Å². The van der Waals surface area contributed by atoms with Crippen LogP contribution >= 0.6 is 23.4 Å². The second kappa shape index (κ2) is 10.8. The largest absolute Gasteiger partial charge is 0.493 e. The number of carbonyl (C=O) groups excluding carboxylic acids is 1. The van der Waals surface area contributed by atoms with E-state index in [4.69, 9.17) is 20.8 Å². The number of piperazine rings is 1. The van der Waals surface area contributed by atoms with Gasteiger partial charge in [-0.1, -0.05) is 47.6 Å². The lowest BCUT2D eigenvalue weighted by atomic mass is 10.2. The Morgan fingerprint density at radius 2 is 1.84 bits per heavy atom. The number of hydrogen-bond acceptors (Lipinski definition) is 7. The molecule has 0 aliphatic carbocycles. The molecule has 1 saturated heterocycles. The maximum Gasteiger partial charge on any atom is 0.277 e. The molecule has 0 unspecified atom stereocenters. The molecule has 1 aliphatic heterocycles. The van der Waals surface area contributed by atoms with Gasteiger partial charge in [0.1, 0.15) is 5.75 Å². The van der Waals surface area contributed by atoms with Gasteiger partial charge >= 0.3 is 0 Å². The Kier molecular flexibility index (Phi) is 7.68. The van der Waals surface area contributed by atoms with E-state index < -0.39 is 0 Å². The minimum absolute atomic E-state index is 0.0793. The molecule has 0 bridgehead atoms. The summed E-state index contributed by atoms with van der Waals surface area (Å²) < 4.78 is 11.4. The third kappa shape index (κ3) is 5.82. The minimum Gasteiger partial charge on any atom is -0.493 e. The van der Waals surface area contributed by atoms with Gasteiger partial charge in [0.25, 0.3) is 11.1 Å². The first-order valence-electron chi connectivity index (χ1n) is 10.6. The number of nitrogens with zero attached hydrogens (tertiary/aromatic N) is 4. The number of hydrogen-bond donors (Lipinski definition) is 0. The number of halogens is 1. The van der Waals surface area contributed by atoms with E-state index in [1.165, 1.54) is 17.3 Å². The quantitative estimate of drug-likeness (QED) is 0.454. The van der Waals surface area contributed by atoms with Crippen LogP contribution in [0.15, 0.2) is 58.2 Å². The maximum absolute atomic E-state index is 12.7. The highest BCUT2D eigenvalue weighted by molar-refractivity contribution is 7.99. The number of aromatic nitrogens is 2. The molecular weight excluding hydrogens is 448 g/mol. The van der Waals surface area contributed by atoms with E-state index in [2.05, 4.69) is 15.1 Å². The van der Waals surface area contributed by atoms with E-state index in [1.54, 1.807) is 0 Å². The van der Waals surface area contributed by atoms with Gasteiger partial charge in [0.2, 0.25) is 5.91 Å². The Morgan fingerprint density at radius 3 is 2.59 bits per heavy atom. The molecular formula is C23H25ClN4O3S. The molecule has 0 saturated carbocycles. The van der Waals surface area contributed by atoms with Crippen molar-refractivity contribution >= 4 is 29.3 Å². The molecule has 1 aromatic heterocycles. The molecule has 4 rings (SSSR count). The maximum atomic E-state index is 12.7. The summed E-state index contributed by atoms with van der Waals surface area (Å²) in [6.07, 6.45) is 0. The number of benzene rings is 2. The summed E-state index contributed by atoms with van der Waals surface area (Å²) >= 11 is 7.22. The van der Waals surface area contributed by atoms with Crippen molar-refractivity contribution in [3.05, 3.63) is 59.1 Å². The molecule has 32 heavy (non-hydrogen) atoms. The fourth-order valence-corrected chi connectivity index (χ4v) is 4.31. The minimum atomic E-state index is 0.0793. The van der Waals surface area contributed by atoms with Gasteiger partial charge in [0, 0.05) is 37.7 Å². The highest BCUT2D eigenvalue weighted by atomic mass is 35.5. The first kappa shape index (κ1) is 22.6. The van der Waals surface area contributed by atoms with Crippen LogP contribution in [0.5, 0.6) is 5.75 Å². The van der Waals surface area contributed by atoms with Crippen LogP contribution in [0.25, 0.3) is 11.5 Å². The normalized spacial score (nSPS) is 14.5. The van der Waals surface area contributed by atoms with Crippen LogP contribution in [0.3, 0.4) is 0 Å². The topological polar surface area (TPSA) is 71.7 Å². The molecule has 2 heterocycles. The van der Waals surface area contributed by atoms with Gasteiger partial charge < -0.3 is 14.1 Å². The summed E-state index contributed by atoms with van der Waals surface area (Å²) in [6, 6.07) is 15.4. The molecule has 0 atom stereocenters. The van der Waals surface area contributed by atoms with Crippen molar-refractivity contribution in [3.63, 3.8) is 0 Å². The first-order chi connectivity index (χ1) is 15.6. The molecule has 1 aliphatic rings. The molecule has 0 spiro atoms. The molecule has 2 aromatic carbocycles. The van der Waals surface area contributed by atoms with Crippen LogP contribution in [0.4, 0.5) is 0 Å². The van der Waals surface area contributed by atoms with Gasteiger partial charge in [0.05, 0.1) is 17.9 Å². The Hall–Kier alpha value is -2.55. The number of para-hydroxylation sites is 1. The second-order valence-corrected chi connectivity index (χ2v) is 8.74. The summed E-state index contributed by atoms with van der Waals surface area (Å²) in [5, 5.41) is 9.32. The van der Waals surface area contributed by atoms with Crippen LogP contribution in [-0.4, -0.2) is 64.4 Å². The fraction of sp³-hybridized carbons (Fsp3) is 0.348. The van der Waals surface area contributed by atoms with Gasteiger partial charge in [-0.25, -0.2) is 0 Å². The van der Waals surface area contributed by atoms with Crippen molar-refractivity contribution in [2.24, 2.45) is 0 Å². The predicted molar refractivity (Wildman–Crippen MR) is 125 cm³/mol. The summed E-state index contributed by atoms with van der Waals surface area (Å²) in [7, 11) is 0. The van der Waals surface area contributed by atoms with Crippen LogP contribution in [0.2, 0.25) is 5.02 Å². The highest BCUT2D eigenvalue weighted by Gasteiger charge is 2.22. The zero-order valence-electron chi connectivity index (χ0n) is 17.9. The molecule has 1 fully saturated rings. The molecule has 3 aromatic rings. The molecule has 0 N–H and O–H groups in total. The van der Waals surface area contributed by atoms with Crippen molar-refractivity contribution in [2.75, 3.05) is 38.5 Å². The van der Waals surface area contributed by atoms with Crippen molar-refractivity contribution < 1.29 is 13.9 Å². The zero-order chi connectivity index (χ0) is 22.3. The van der Waals surface area contributed by atoms with Crippen LogP contribution < -0.4 is 4.74 Å². The Morgan fingerprint density at radius 1 is 1.09 bits per heavy atom. The van der Waals surface area contributed by atoms with Crippen LogP contribution in [-0.2, 0) is 11.3 Å². The molecule has 1 amide bonds. The SMILES string of the molecule is CCOc1ccccc1-c1nnc(SCC(=O)N2CCN(Cc3ccc(Cl)cc3)CC2)o1. The Labute approximate surface area is 196 Å².